The van der Waals surface area contributed by atoms with Crippen molar-refractivity contribution in [3.8, 4) is 5.75 Å². The largest absolute Gasteiger partial charge is 0.489 e. The molecule has 136 valence electrons. The molecular formula is C17H16Cl2FN5O. The third kappa shape index (κ3) is 4.71. The molecule has 1 aromatic carbocycles. The number of ether oxygens (including phenoxy) is 1. The average molecular weight is 396 g/mol. The maximum Gasteiger partial charge on any atom is 0.120 e. The van der Waals surface area contributed by atoms with Crippen molar-refractivity contribution in [2.24, 2.45) is 0 Å². The number of halogens is 3. The van der Waals surface area contributed by atoms with E-state index in [-0.39, 0.29) is 23.0 Å². The fraction of sp³-hybridized carbons (Fsp3) is 0.118. The van der Waals surface area contributed by atoms with Crippen LogP contribution in [0.1, 0.15) is 11.1 Å². The quantitative estimate of drug-likeness (QED) is 0.370. The van der Waals surface area contributed by atoms with Gasteiger partial charge in [-0.15, -0.1) is 4.48 Å². The first-order chi connectivity index (χ1) is 12.3. The summed E-state index contributed by atoms with van der Waals surface area (Å²) >= 11 is 12.1. The summed E-state index contributed by atoms with van der Waals surface area (Å²) in [6, 6.07) is 4.73. The van der Waals surface area contributed by atoms with Gasteiger partial charge < -0.3 is 15.9 Å². The number of hydrogen-bond donors (Lipinski definition) is 3. The lowest BCUT2D eigenvalue weighted by molar-refractivity contribution is 0.128. The van der Waals surface area contributed by atoms with Crippen LogP contribution in [-0.4, -0.2) is 29.1 Å². The highest BCUT2D eigenvalue weighted by molar-refractivity contribution is 6.35. The van der Waals surface area contributed by atoms with Crippen molar-refractivity contribution in [1.82, 2.24) is 10.1 Å². The van der Waals surface area contributed by atoms with Crippen LogP contribution in [0, 0.1) is 10.8 Å². The van der Waals surface area contributed by atoms with Crippen molar-refractivity contribution < 1.29 is 9.22 Å². The summed E-state index contributed by atoms with van der Waals surface area (Å²) in [4.78, 5) is 3.87. The fourth-order valence-corrected chi connectivity index (χ4v) is 2.57. The Morgan fingerprint density at radius 3 is 2.58 bits per heavy atom. The summed E-state index contributed by atoms with van der Waals surface area (Å²) in [6.45, 7) is 0.0946. The van der Waals surface area contributed by atoms with E-state index in [0.717, 1.165) is 19.5 Å². The normalized spacial score (nSPS) is 11.2. The van der Waals surface area contributed by atoms with Crippen molar-refractivity contribution >= 4 is 40.8 Å². The molecule has 2 rings (SSSR count). The van der Waals surface area contributed by atoms with E-state index in [1.807, 2.05) is 0 Å². The first-order valence-electron chi connectivity index (χ1n) is 7.34. The average Bonchev–Trinajstić information content (AvgIpc) is 2.59. The van der Waals surface area contributed by atoms with Crippen LogP contribution in [0.25, 0.3) is 0 Å². The van der Waals surface area contributed by atoms with Crippen molar-refractivity contribution in [2.45, 2.75) is 6.61 Å². The number of aromatic nitrogens is 1. The van der Waals surface area contributed by atoms with E-state index >= 15 is 0 Å². The Bertz CT molecular complexity index is 850. The summed E-state index contributed by atoms with van der Waals surface area (Å²) in [5.74, 6) is 0.417. The predicted molar refractivity (Wildman–Crippen MR) is 102 cm³/mol. The first kappa shape index (κ1) is 19.7. The Morgan fingerprint density at radius 2 is 2.00 bits per heavy atom. The van der Waals surface area contributed by atoms with Crippen molar-refractivity contribution in [2.75, 3.05) is 12.8 Å². The second-order valence-electron chi connectivity index (χ2n) is 5.25. The lowest BCUT2D eigenvalue weighted by Gasteiger charge is -2.13. The zero-order valence-corrected chi connectivity index (χ0v) is 15.3. The van der Waals surface area contributed by atoms with Crippen molar-refractivity contribution in [3.05, 3.63) is 63.5 Å². The van der Waals surface area contributed by atoms with Crippen LogP contribution in [0.3, 0.4) is 0 Å². The summed E-state index contributed by atoms with van der Waals surface area (Å²) in [5.41, 5.74) is 7.06. The SMILES string of the molecule is CN(F)/C=C(/C=N)C(=N)c1cc(OCc2c(Cl)cncc2Cl)ccc1N. The summed E-state index contributed by atoms with van der Waals surface area (Å²) in [6.07, 6.45) is 4.82. The van der Waals surface area contributed by atoms with Crippen molar-refractivity contribution in [1.29, 1.82) is 10.8 Å². The Kier molecular flexibility index (Phi) is 6.54. The third-order valence-electron chi connectivity index (χ3n) is 3.39. The van der Waals surface area contributed by atoms with E-state index in [1.54, 1.807) is 12.1 Å². The van der Waals surface area contributed by atoms with E-state index in [2.05, 4.69) is 4.98 Å². The van der Waals surface area contributed by atoms with Crippen LogP contribution in [-0.2, 0) is 6.61 Å². The van der Waals surface area contributed by atoms with Crippen LogP contribution in [0.5, 0.6) is 5.75 Å². The molecule has 4 N–H and O–H groups in total. The number of anilines is 1. The fourth-order valence-electron chi connectivity index (χ4n) is 2.09. The van der Waals surface area contributed by atoms with Gasteiger partial charge in [0.1, 0.15) is 12.4 Å². The summed E-state index contributed by atoms with van der Waals surface area (Å²) in [5, 5.41) is 16.6. The molecule has 0 saturated heterocycles. The van der Waals surface area contributed by atoms with Gasteiger partial charge in [0, 0.05) is 54.2 Å². The molecule has 0 bridgehead atoms. The first-order valence-corrected chi connectivity index (χ1v) is 8.09. The number of hydrogen-bond acceptors (Lipinski definition) is 6. The maximum absolute atomic E-state index is 13.0. The molecule has 0 aliphatic rings. The number of allylic oxidation sites excluding steroid dienone is 1. The number of nitrogens with zero attached hydrogens (tertiary/aromatic N) is 2. The topological polar surface area (TPSA) is 99.1 Å². The Balaban J connectivity index is 2.27. The van der Waals surface area contributed by atoms with Gasteiger partial charge >= 0.3 is 0 Å². The molecule has 0 radical (unpaired) electrons. The van der Waals surface area contributed by atoms with Crippen LogP contribution in [0.4, 0.5) is 10.2 Å². The Labute approximate surface area is 159 Å². The summed E-state index contributed by atoms with van der Waals surface area (Å²) in [7, 11) is 1.15. The molecule has 0 amide bonds. The molecular weight excluding hydrogens is 380 g/mol. The monoisotopic (exact) mass is 395 g/mol. The molecule has 0 aliphatic heterocycles. The van der Waals surface area contributed by atoms with E-state index in [1.165, 1.54) is 18.5 Å². The number of pyridine rings is 1. The minimum atomic E-state index is -0.104. The highest BCUT2D eigenvalue weighted by Gasteiger charge is 2.13. The second-order valence-corrected chi connectivity index (χ2v) is 6.06. The van der Waals surface area contributed by atoms with Gasteiger partial charge in [-0.2, -0.15) is 0 Å². The highest BCUT2D eigenvalue weighted by atomic mass is 35.5. The minimum Gasteiger partial charge on any atom is -0.489 e. The molecule has 26 heavy (non-hydrogen) atoms. The molecule has 0 fully saturated rings. The molecule has 2 aromatic rings. The van der Waals surface area contributed by atoms with Crippen LogP contribution in [0.15, 0.2) is 42.4 Å². The zero-order valence-electron chi connectivity index (χ0n) is 13.8. The van der Waals surface area contributed by atoms with Crippen molar-refractivity contribution in [3.63, 3.8) is 0 Å². The van der Waals surface area contributed by atoms with E-state index in [0.29, 0.717) is 32.6 Å². The minimum absolute atomic E-state index is 0.0547. The van der Waals surface area contributed by atoms with Crippen LogP contribution < -0.4 is 10.5 Å². The van der Waals surface area contributed by atoms with Crippen LogP contribution >= 0.6 is 23.2 Å². The maximum atomic E-state index is 13.0. The smallest absolute Gasteiger partial charge is 0.120 e. The van der Waals surface area contributed by atoms with Gasteiger partial charge in [-0.3, -0.25) is 10.4 Å². The molecule has 9 heteroatoms. The molecule has 6 nitrogen and oxygen atoms in total. The van der Waals surface area contributed by atoms with E-state index in [4.69, 9.17) is 44.5 Å². The molecule has 0 aliphatic carbocycles. The standard InChI is InChI=1S/C17H16Cl2FN5O/c1-25(20)8-10(5-21)17(23)12-4-11(2-3-16(12)22)26-9-13-14(18)6-24-7-15(13)19/h2-8,21,23H,9,22H2,1H3/b10-8-,21-5?,23-17?. The molecule has 1 heterocycles. The third-order valence-corrected chi connectivity index (χ3v) is 4.04. The lowest BCUT2D eigenvalue weighted by atomic mass is 10.0. The van der Waals surface area contributed by atoms with Gasteiger partial charge in [-0.25, -0.2) is 5.12 Å². The molecule has 0 saturated carbocycles. The molecule has 1 aromatic heterocycles. The summed E-state index contributed by atoms with van der Waals surface area (Å²) < 4.78 is 18.7. The van der Waals surface area contributed by atoms with Gasteiger partial charge in [0.05, 0.1) is 15.8 Å². The zero-order chi connectivity index (χ0) is 19.3. The Hall–Kier alpha value is -2.64. The number of rotatable bonds is 7. The molecule has 0 unspecified atom stereocenters. The van der Waals surface area contributed by atoms with Gasteiger partial charge in [0.15, 0.2) is 0 Å². The second kappa shape index (κ2) is 8.64. The van der Waals surface area contributed by atoms with Crippen LogP contribution in [0.2, 0.25) is 10.0 Å². The van der Waals surface area contributed by atoms with Gasteiger partial charge in [-0.05, 0) is 18.2 Å². The number of nitrogens with two attached hydrogens (primary N) is 1. The van der Waals surface area contributed by atoms with Gasteiger partial charge in [0.25, 0.3) is 0 Å². The Morgan fingerprint density at radius 1 is 1.35 bits per heavy atom. The molecule has 0 atom stereocenters. The van der Waals surface area contributed by atoms with E-state index < -0.39 is 0 Å². The lowest BCUT2D eigenvalue weighted by Crippen LogP contribution is -2.11. The molecule has 0 spiro atoms. The highest BCUT2D eigenvalue weighted by Crippen LogP contribution is 2.27. The van der Waals surface area contributed by atoms with Gasteiger partial charge in [0.2, 0.25) is 0 Å². The number of nitrogen functional groups attached to an aromatic ring is 1. The van der Waals surface area contributed by atoms with E-state index in [9.17, 15) is 4.48 Å². The van der Waals surface area contributed by atoms with Gasteiger partial charge in [-0.1, -0.05) is 23.2 Å². The number of benzene rings is 1. The number of nitrogens with one attached hydrogen (secondary N) is 2. The predicted octanol–water partition coefficient (Wildman–Crippen LogP) is 4.27.